The number of fused-ring (bicyclic) bond motifs is 1. The number of hydrogen-bond acceptors (Lipinski definition) is 8. The van der Waals surface area contributed by atoms with E-state index >= 15 is 0 Å². The summed E-state index contributed by atoms with van der Waals surface area (Å²) in [4.78, 5) is 22.0. The van der Waals surface area contributed by atoms with Crippen LogP contribution in [0, 0.1) is 5.92 Å². The Bertz CT molecular complexity index is 1280. The normalized spacial score (nSPS) is 14.7. The van der Waals surface area contributed by atoms with E-state index in [-0.39, 0.29) is 5.97 Å². The van der Waals surface area contributed by atoms with Crippen LogP contribution in [0.15, 0.2) is 59.3 Å². The lowest BCUT2D eigenvalue weighted by Crippen LogP contribution is -2.08. The number of aromatic nitrogens is 2. The number of anilines is 3. The molecule has 3 aromatic rings. The van der Waals surface area contributed by atoms with Crippen molar-refractivity contribution in [3.63, 3.8) is 0 Å². The molecule has 1 aliphatic carbocycles. The summed E-state index contributed by atoms with van der Waals surface area (Å²) in [5, 5.41) is 6.98. The lowest BCUT2D eigenvalue weighted by molar-refractivity contribution is -0.136. The molecule has 2 aliphatic rings. The highest BCUT2D eigenvalue weighted by atomic mass is 35.5. The summed E-state index contributed by atoms with van der Waals surface area (Å²) in [5.41, 5.74) is 1.97. The second kappa shape index (κ2) is 10.6. The summed E-state index contributed by atoms with van der Waals surface area (Å²) >= 11 is 8.43. The van der Waals surface area contributed by atoms with Crippen LogP contribution >= 0.6 is 23.4 Å². The molecule has 35 heavy (non-hydrogen) atoms. The molecule has 7 nitrogen and oxygen atoms in total. The number of esters is 1. The number of nitrogens with one attached hydrogen (secondary N) is 2. The minimum Gasteiger partial charge on any atom is -0.466 e. The molecular weight excluding hydrogens is 484 g/mol. The Kier molecular flexibility index (Phi) is 7.11. The van der Waals surface area contributed by atoms with Crippen molar-refractivity contribution in [2.75, 3.05) is 30.0 Å². The molecule has 0 saturated heterocycles. The van der Waals surface area contributed by atoms with E-state index in [1.54, 1.807) is 12.1 Å². The van der Waals surface area contributed by atoms with Crippen LogP contribution in [0.2, 0.25) is 5.02 Å². The fourth-order valence-corrected chi connectivity index (χ4v) is 5.03. The van der Waals surface area contributed by atoms with Gasteiger partial charge in [0, 0.05) is 28.5 Å². The van der Waals surface area contributed by atoms with E-state index in [4.69, 9.17) is 21.1 Å². The van der Waals surface area contributed by atoms with Crippen molar-refractivity contribution in [2.24, 2.45) is 5.92 Å². The fraction of sp³-hybridized carbons (Fsp3) is 0.269. The predicted molar refractivity (Wildman–Crippen MR) is 140 cm³/mol. The molecule has 1 aromatic heterocycles. The molecule has 0 radical (unpaired) electrons. The Morgan fingerprint density at radius 1 is 1.23 bits per heavy atom. The summed E-state index contributed by atoms with van der Waals surface area (Å²) in [7, 11) is 1.37. The Morgan fingerprint density at radius 2 is 2.11 bits per heavy atom. The first-order valence-electron chi connectivity index (χ1n) is 11.4. The Balaban J connectivity index is 1.33. The second-order valence-electron chi connectivity index (χ2n) is 8.42. The molecule has 180 valence electrons. The third kappa shape index (κ3) is 5.89. The largest absolute Gasteiger partial charge is 0.466 e. The van der Waals surface area contributed by atoms with E-state index in [0.29, 0.717) is 46.5 Å². The maximum absolute atomic E-state index is 12.1. The summed E-state index contributed by atoms with van der Waals surface area (Å²) in [5.74, 6) is 4.17. The van der Waals surface area contributed by atoms with Crippen LogP contribution in [-0.4, -0.2) is 35.3 Å². The van der Waals surface area contributed by atoms with Gasteiger partial charge >= 0.3 is 5.97 Å². The number of ether oxygens (including phenoxy) is 2. The average Bonchev–Trinajstić information content (AvgIpc) is 3.71. The van der Waals surface area contributed by atoms with Gasteiger partial charge in [-0.1, -0.05) is 17.7 Å². The fourth-order valence-electron chi connectivity index (χ4n) is 3.68. The van der Waals surface area contributed by atoms with Crippen molar-refractivity contribution >= 4 is 52.7 Å². The first kappa shape index (κ1) is 23.5. The molecule has 0 unspecified atom stereocenters. The van der Waals surface area contributed by atoms with Gasteiger partial charge in [-0.05, 0) is 67.7 Å². The van der Waals surface area contributed by atoms with Gasteiger partial charge in [0.2, 0.25) is 0 Å². The van der Waals surface area contributed by atoms with Gasteiger partial charge in [-0.2, -0.15) is 0 Å². The number of halogens is 1. The first-order valence-corrected chi connectivity index (χ1v) is 12.8. The zero-order chi connectivity index (χ0) is 24.2. The van der Waals surface area contributed by atoms with Gasteiger partial charge in [0.05, 0.1) is 17.7 Å². The van der Waals surface area contributed by atoms with Crippen molar-refractivity contribution in [2.45, 2.75) is 24.2 Å². The first-order chi connectivity index (χ1) is 17.1. The third-order valence-corrected chi connectivity index (χ3v) is 7.27. The molecule has 9 heteroatoms. The van der Waals surface area contributed by atoms with E-state index in [1.165, 1.54) is 31.2 Å². The molecule has 0 spiro atoms. The number of methoxy groups -OCH3 is 1. The SMILES string of the molecule is COC(=O)C1=Cc2c(ncnc2Nc2ccc(Oc3cccc(SCC4CC4)c3)c(Cl)c2)NCC1. The van der Waals surface area contributed by atoms with Gasteiger partial charge in [0.25, 0.3) is 0 Å². The number of benzene rings is 2. The van der Waals surface area contributed by atoms with E-state index in [1.807, 2.05) is 42.1 Å². The zero-order valence-electron chi connectivity index (χ0n) is 19.2. The number of hydrogen-bond donors (Lipinski definition) is 2. The van der Waals surface area contributed by atoms with Crippen LogP contribution in [0.5, 0.6) is 11.5 Å². The highest BCUT2D eigenvalue weighted by Crippen LogP contribution is 2.38. The molecule has 2 heterocycles. The average molecular weight is 509 g/mol. The molecule has 2 N–H and O–H groups in total. The van der Waals surface area contributed by atoms with Gasteiger partial charge in [-0.3, -0.25) is 0 Å². The molecule has 1 fully saturated rings. The minimum atomic E-state index is -0.367. The Hall–Kier alpha value is -3.23. The number of nitrogens with zero attached hydrogens (tertiary/aromatic N) is 2. The molecule has 0 bridgehead atoms. The summed E-state index contributed by atoms with van der Waals surface area (Å²) < 4.78 is 11.0. The lowest BCUT2D eigenvalue weighted by Gasteiger charge is -2.13. The van der Waals surface area contributed by atoms with Gasteiger partial charge in [-0.15, -0.1) is 11.8 Å². The van der Waals surface area contributed by atoms with E-state index < -0.39 is 0 Å². The third-order valence-electron chi connectivity index (χ3n) is 5.75. The standard InChI is InChI=1S/C26H25ClN4O3S/c1-33-26(32)17-9-10-28-24-21(11-17)25(30-15-29-24)31-18-7-8-23(22(27)12-18)34-19-3-2-4-20(13-19)35-14-16-5-6-16/h2-4,7-8,11-13,15-16H,5-6,9-10,14H2,1H3,(H2,28,29,30,31). The molecule has 0 amide bonds. The number of rotatable bonds is 8. The maximum Gasteiger partial charge on any atom is 0.333 e. The zero-order valence-corrected chi connectivity index (χ0v) is 20.8. The van der Waals surface area contributed by atoms with Crippen molar-refractivity contribution < 1.29 is 14.3 Å². The summed E-state index contributed by atoms with van der Waals surface area (Å²) in [6.07, 6.45) is 6.45. The topological polar surface area (TPSA) is 85.4 Å². The van der Waals surface area contributed by atoms with Crippen molar-refractivity contribution in [3.8, 4) is 11.5 Å². The van der Waals surface area contributed by atoms with E-state index in [9.17, 15) is 4.79 Å². The molecular formula is C26H25ClN4O3S. The lowest BCUT2D eigenvalue weighted by atomic mass is 10.1. The molecule has 5 rings (SSSR count). The van der Waals surface area contributed by atoms with E-state index in [0.717, 1.165) is 23.1 Å². The highest BCUT2D eigenvalue weighted by Gasteiger charge is 2.21. The van der Waals surface area contributed by atoms with Crippen LogP contribution in [0.3, 0.4) is 0 Å². The van der Waals surface area contributed by atoms with Crippen LogP contribution in [-0.2, 0) is 9.53 Å². The molecule has 1 aliphatic heterocycles. The predicted octanol–water partition coefficient (Wildman–Crippen LogP) is 6.54. The van der Waals surface area contributed by atoms with Crippen LogP contribution < -0.4 is 15.4 Å². The van der Waals surface area contributed by atoms with Crippen molar-refractivity contribution in [3.05, 3.63) is 65.0 Å². The monoisotopic (exact) mass is 508 g/mol. The Morgan fingerprint density at radius 3 is 2.91 bits per heavy atom. The Labute approximate surface area is 213 Å². The summed E-state index contributed by atoms with van der Waals surface area (Å²) in [6.45, 7) is 0.572. The summed E-state index contributed by atoms with van der Waals surface area (Å²) in [6, 6.07) is 13.6. The van der Waals surface area contributed by atoms with Crippen molar-refractivity contribution in [1.82, 2.24) is 9.97 Å². The van der Waals surface area contributed by atoms with Gasteiger partial charge in [0.1, 0.15) is 29.5 Å². The van der Waals surface area contributed by atoms with Crippen LogP contribution in [0.4, 0.5) is 17.3 Å². The number of carbonyl (C=O) groups is 1. The molecule has 0 atom stereocenters. The van der Waals surface area contributed by atoms with Gasteiger partial charge in [0.15, 0.2) is 0 Å². The van der Waals surface area contributed by atoms with Crippen molar-refractivity contribution in [1.29, 1.82) is 0 Å². The van der Waals surface area contributed by atoms with Gasteiger partial charge < -0.3 is 20.1 Å². The highest BCUT2D eigenvalue weighted by molar-refractivity contribution is 7.99. The molecule has 1 saturated carbocycles. The maximum atomic E-state index is 12.1. The van der Waals surface area contributed by atoms with Crippen LogP contribution in [0.25, 0.3) is 6.08 Å². The smallest absolute Gasteiger partial charge is 0.333 e. The van der Waals surface area contributed by atoms with E-state index in [2.05, 4.69) is 26.7 Å². The van der Waals surface area contributed by atoms with Gasteiger partial charge in [-0.25, -0.2) is 14.8 Å². The number of carbonyl (C=O) groups excluding carboxylic acids is 1. The number of thioether (sulfide) groups is 1. The molecule has 2 aromatic carbocycles. The second-order valence-corrected chi connectivity index (χ2v) is 9.92. The quantitative estimate of drug-likeness (QED) is 0.262. The minimum absolute atomic E-state index is 0.367. The van der Waals surface area contributed by atoms with Crippen LogP contribution in [0.1, 0.15) is 24.8 Å².